The van der Waals surface area contributed by atoms with Gasteiger partial charge in [-0.2, -0.15) is 0 Å². The third kappa shape index (κ3) is 5.64. The van der Waals surface area contributed by atoms with Gasteiger partial charge in [0, 0.05) is 30.4 Å². The number of anilines is 1. The lowest BCUT2D eigenvalue weighted by molar-refractivity contribution is -0.124. The molecule has 0 aliphatic carbocycles. The molecule has 1 fully saturated rings. The van der Waals surface area contributed by atoms with Gasteiger partial charge in [-0.05, 0) is 63.8 Å². The van der Waals surface area contributed by atoms with E-state index in [1.165, 1.54) is 0 Å². The fourth-order valence-electron chi connectivity index (χ4n) is 4.20. The summed E-state index contributed by atoms with van der Waals surface area (Å²) >= 11 is 0. The first-order valence-electron chi connectivity index (χ1n) is 12.5. The summed E-state index contributed by atoms with van der Waals surface area (Å²) in [6, 6.07) is 7.23. The molecule has 1 saturated heterocycles. The van der Waals surface area contributed by atoms with E-state index >= 15 is 0 Å². The Morgan fingerprint density at radius 3 is 2.63 bits per heavy atom. The molecule has 1 aliphatic heterocycles. The SMILES string of the molecule is C=C(C)C(=O)NC1CCN(c2cnccc2-c2ccc(CNC(=O)c3cn(C(C)(C)C)nn3)c(C)c2)C1=O. The summed E-state index contributed by atoms with van der Waals surface area (Å²) in [6.45, 7) is 14.0. The van der Waals surface area contributed by atoms with E-state index in [0.717, 1.165) is 22.3 Å². The number of pyridine rings is 1. The third-order valence-electron chi connectivity index (χ3n) is 6.50. The lowest BCUT2D eigenvalue weighted by Gasteiger charge is -2.21. The average Bonchev–Trinajstić information content (AvgIpc) is 3.51. The van der Waals surface area contributed by atoms with Gasteiger partial charge in [-0.3, -0.25) is 19.4 Å². The molecule has 198 valence electrons. The standard InChI is InChI=1S/C28H33N7O3/c1-17(2)25(36)31-22-10-12-34(27(22)38)24-15-29-11-9-21(24)19-7-8-20(18(3)13-19)14-30-26(37)23-16-35(33-32-23)28(4,5)6/h7-9,11,13,15-16,22H,1,10,12,14H2,2-6H3,(H,30,37)(H,31,36). The van der Waals surface area contributed by atoms with Crippen molar-refractivity contribution in [1.29, 1.82) is 0 Å². The summed E-state index contributed by atoms with van der Waals surface area (Å²) in [5.74, 6) is -0.789. The van der Waals surface area contributed by atoms with E-state index in [9.17, 15) is 14.4 Å². The maximum Gasteiger partial charge on any atom is 0.273 e. The van der Waals surface area contributed by atoms with Gasteiger partial charge in [0.1, 0.15) is 6.04 Å². The molecule has 0 saturated carbocycles. The van der Waals surface area contributed by atoms with Gasteiger partial charge in [0.15, 0.2) is 5.69 Å². The molecule has 2 aromatic heterocycles. The zero-order chi connectivity index (χ0) is 27.6. The van der Waals surface area contributed by atoms with Crippen molar-refractivity contribution in [2.24, 2.45) is 0 Å². The molecule has 3 heterocycles. The Morgan fingerprint density at radius 2 is 1.97 bits per heavy atom. The molecule has 10 heteroatoms. The van der Waals surface area contributed by atoms with Crippen LogP contribution in [0.25, 0.3) is 11.1 Å². The van der Waals surface area contributed by atoms with Gasteiger partial charge in [0.25, 0.3) is 5.91 Å². The number of nitrogens with zero attached hydrogens (tertiary/aromatic N) is 5. The van der Waals surface area contributed by atoms with E-state index in [1.807, 2.05) is 52.0 Å². The van der Waals surface area contributed by atoms with E-state index in [-0.39, 0.29) is 29.0 Å². The Kier molecular flexibility index (Phi) is 7.43. The molecule has 38 heavy (non-hydrogen) atoms. The molecule has 4 rings (SSSR count). The Balaban J connectivity index is 1.48. The fourth-order valence-corrected chi connectivity index (χ4v) is 4.20. The number of carbonyl (C=O) groups excluding carboxylic acids is 3. The molecule has 0 bridgehead atoms. The highest BCUT2D eigenvalue weighted by atomic mass is 16.2. The van der Waals surface area contributed by atoms with Gasteiger partial charge >= 0.3 is 0 Å². The first-order chi connectivity index (χ1) is 18.0. The largest absolute Gasteiger partial charge is 0.347 e. The lowest BCUT2D eigenvalue weighted by Crippen LogP contribution is -2.41. The second-order valence-corrected chi connectivity index (χ2v) is 10.5. The van der Waals surface area contributed by atoms with Crippen LogP contribution in [-0.2, 0) is 21.7 Å². The number of nitrogens with one attached hydrogen (secondary N) is 2. The summed E-state index contributed by atoms with van der Waals surface area (Å²) in [5.41, 5.74) is 4.78. The molecule has 0 spiro atoms. The number of hydrogen-bond acceptors (Lipinski definition) is 6. The van der Waals surface area contributed by atoms with Gasteiger partial charge in [-0.15, -0.1) is 5.10 Å². The first kappa shape index (κ1) is 26.7. The predicted octanol–water partition coefficient (Wildman–Crippen LogP) is 3.13. The predicted molar refractivity (Wildman–Crippen MR) is 144 cm³/mol. The molecule has 10 nitrogen and oxygen atoms in total. The van der Waals surface area contributed by atoms with Crippen LogP contribution in [0.2, 0.25) is 0 Å². The van der Waals surface area contributed by atoms with Crippen molar-refractivity contribution in [3.8, 4) is 11.1 Å². The Bertz CT molecular complexity index is 1400. The molecular weight excluding hydrogens is 482 g/mol. The van der Waals surface area contributed by atoms with Crippen molar-refractivity contribution in [3.05, 3.63) is 71.8 Å². The monoisotopic (exact) mass is 515 g/mol. The minimum Gasteiger partial charge on any atom is -0.347 e. The van der Waals surface area contributed by atoms with Crippen molar-refractivity contribution in [1.82, 2.24) is 30.6 Å². The normalized spacial score (nSPS) is 15.4. The van der Waals surface area contributed by atoms with Crippen LogP contribution in [-0.4, -0.2) is 50.3 Å². The zero-order valence-corrected chi connectivity index (χ0v) is 22.4. The number of hydrogen-bond donors (Lipinski definition) is 2. The van der Waals surface area contributed by atoms with Gasteiger partial charge in [-0.25, -0.2) is 4.68 Å². The molecule has 2 N–H and O–H groups in total. The Morgan fingerprint density at radius 1 is 1.21 bits per heavy atom. The smallest absolute Gasteiger partial charge is 0.273 e. The number of benzene rings is 1. The van der Waals surface area contributed by atoms with Crippen molar-refractivity contribution in [3.63, 3.8) is 0 Å². The third-order valence-corrected chi connectivity index (χ3v) is 6.50. The van der Waals surface area contributed by atoms with Crippen molar-refractivity contribution in [2.45, 2.75) is 59.2 Å². The van der Waals surface area contributed by atoms with E-state index in [4.69, 9.17) is 0 Å². The minimum absolute atomic E-state index is 0.173. The molecule has 3 amide bonds. The van der Waals surface area contributed by atoms with Crippen LogP contribution in [0.4, 0.5) is 5.69 Å². The minimum atomic E-state index is -0.593. The number of amides is 3. The van der Waals surface area contributed by atoms with E-state index in [0.29, 0.717) is 30.8 Å². The molecule has 1 unspecified atom stereocenters. The van der Waals surface area contributed by atoms with Crippen molar-refractivity contribution in [2.75, 3.05) is 11.4 Å². The van der Waals surface area contributed by atoms with Crippen LogP contribution >= 0.6 is 0 Å². The number of carbonyl (C=O) groups is 3. The van der Waals surface area contributed by atoms with Gasteiger partial charge in [0.2, 0.25) is 11.8 Å². The van der Waals surface area contributed by atoms with Crippen LogP contribution < -0.4 is 15.5 Å². The second kappa shape index (κ2) is 10.6. The lowest BCUT2D eigenvalue weighted by atomic mass is 9.99. The average molecular weight is 516 g/mol. The maximum atomic E-state index is 13.1. The highest BCUT2D eigenvalue weighted by Crippen LogP contribution is 2.33. The fraction of sp³-hybridized carbons (Fsp3) is 0.357. The highest BCUT2D eigenvalue weighted by Gasteiger charge is 2.35. The van der Waals surface area contributed by atoms with Gasteiger partial charge in [-0.1, -0.05) is 30.0 Å². The quantitative estimate of drug-likeness (QED) is 0.466. The molecule has 3 aromatic rings. The first-order valence-corrected chi connectivity index (χ1v) is 12.5. The summed E-state index contributed by atoms with van der Waals surface area (Å²) in [4.78, 5) is 43.6. The van der Waals surface area contributed by atoms with Crippen LogP contribution in [0.1, 0.15) is 55.7 Å². The number of aryl methyl sites for hydroxylation is 1. The Labute approximate surface area is 222 Å². The van der Waals surface area contributed by atoms with E-state index < -0.39 is 6.04 Å². The summed E-state index contributed by atoms with van der Waals surface area (Å²) in [6.07, 6.45) is 5.51. The van der Waals surface area contributed by atoms with Crippen molar-refractivity contribution < 1.29 is 14.4 Å². The number of rotatable bonds is 7. The van der Waals surface area contributed by atoms with Crippen molar-refractivity contribution >= 4 is 23.4 Å². The summed E-state index contributed by atoms with van der Waals surface area (Å²) < 4.78 is 1.66. The molecule has 1 aliphatic rings. The van der Waals surface area contributed by atoms with E-state index in [1.54, 1.807) is 35.1 Å². The van der Waals surface area contributed by atoms with Crippen LogP contribution in [0, 0.1) is 6.92 Å². The molecular formula is C28H33N7O3. The summed E-state index contributed by atoms with van der Waals surface area (Å²) in [5, 5.41) is 13.7. The van der Waals surface area contributed by atoms with E-state index in [2.05, 4.69) is 32.5 Å². The summed E-state index contributed by atoms with van der Waals surface area (Å²) in [7, 11) is 0. The van der Waals surface area contributed by atoms with Gasteiger partial charge < -0.3 is 15.5 Å². The maximum absolute atomic E-state index is 13.1. The van der Waals surface area contributed by atoms with Crippen LogP contribution in [0.3, 0.4) is 0 Å². The highest BCUT2D eigenvalue weighted by molar-refractivity contribution is 6.05. The topological polar surface area (TPSA) is 122 Å². The van der Waals surface area contributed by atoms with Crippen LogP contribution in [0.5, 0.6) is 0 Å². The van der Waals surface area contributed by atoms with Gasteiger partial charge in [0.05, 0.1) is 23.6 Å². The van der Waals surface area contributed by atoms with Crippen LogP contribution in [0.15, 0.2) is 55.0 Å². The Hall–Kier alpha value is -4.34. The number of aromatic nitrogens is 4. The zero-order valence-electron chi connectivity index (χ0n) is 22.4. The second-order valence-electron chi connectivity index (χ2n) is 10.5. The molecule has 1 aromatic carbocycles. The molecule has 1 atom stereocenters. The molecule has 0 radical (unpaired) electrons.